The molecule has 0 radical (unpaired) electrons. The third-order valence-corrected chi connectivity index (χ3v) is 6.78. The summed E-state index contributed by atoms with van der Waals surface area (Å²) in [7, 11) is 3.23. The average Bonchev–Trinajstić information content (AvgIpc) is 3.21. The number of hydrogen-bond acceptors (Lipinski definition) is 5. The van der Waals surface area contributed by atoms with Crippen molar-refractivity contribution in [2.75, 3.05) is 20.8 Å². The van der Waals surface area contributed by atoms with Gasteiger partial charge in [0.15, 0.2) is 11.5 Å². The second-order valence-corrected chi connectivity index (χ2v) is 8.53. The van der Waals surface area contributed by atoms with Crippen LogP contribution in [0.15, 0.2) is 53.9 Å². The molecule has 0 spiro atoms. The first kappa shape index (κ1) is 20.4. The molecule has 1 aromatic heterocycles. The van der Waals surface area contributed by atoms with E-state index in [0.717, 1.165) is 29.1 Å². The molecule has 0 aliphatic heterocycles. The van der Waals surface area contributed by atoms with Crippen LogP contribution in [0.1, 0.15) is 30.5 Å². The summed E-state index contributed by atoms with van der Waals surface area (Å²) in [5.41, 5.74) is 3.14. The van der Waals surface area contributed by atoms with E-state index in [4.69, 9.17) is 9.47 Å². The largest absolute Gasteiger partial charge is 0.493 e. The highest BCUT2D eigenvalue weighted by atomic mass is 32.1. The molecule has 1 heterocycles. The topological polar surface area (TPSA) is 60.5 Å². The Morgan fingerprint density at radius 1 is 1.10 bits per heavy atom. The molecular formula is C24H26N2O3S. The van der Waals surface area contributed by atoms with Crippen molar-refractivity contribution in [2.45, 2.75) is 31.1 Å². The van der Waals surface area contributed by atoms with Gasteiger partial charge >= 0.3 is 0 Å². The molecule has 1 aliphatic carbocycles. The van der Waals surface area contributed by atoms with Gasteiger partial charge in [-0.15, -0.1) is 11.3 Å². The Morgan fingerprint density at radius 3 is 2.53 bits per heavy atom. The van der Waals surface area contributed by atoms with Crippen LogP contribution >= 0.6 is 11.3 Å². The molecular weight excluding hydrogens is 396 g/mol. The molecule has 2 aromatic carbocycles. The van der Waals surface area contributed by atoms with E-state index in [-0.39, 0.29) is 17.7 Å². The molecule has 4 rings (SSSR count). The van der Waals surface area contributed by atoms with Crippen molar-refractivity contribution in [3.05, 3.63) is 65.2 Å². The van der Waals surface area contributed by atoms with Gasteiger partial charge < -0.3 is 14.8 Å². The number of amides is 1. The molecule has 0 saturated heterocycles. The minimum Gasteiger partial charge on any atom is -0.493 e. The first-order valence-corrected chi connectivity index (χ1v) is 11.0. The molecule has 0 atom stereocenters. The number of ether oxygens (including phenoxy) is 2. The number of nitrogens with zero attached hydrogens (tertiary/aromatic N) is 1. The maximum atomic E-state index is 12.6. The number of nitrogens with one attached hydrogen (secondary N) is 1. The third-order valence-electron chi connectivity index (χ3n) is 5.84. The normalized spacial score (nSPS) is 14.6. The number of rotatable bonds is 8. The monoisotopic (exact) mass is 422 g/mol. The molecule has 6 heteroatoms. The van der Waals surface area contributed by atoms with Crippen molar-refractivity contribution in [3.63, 3.8) is 0 Å². The Hall–Kier alpha value is -2.86. The maximum Gasteiger partial charge on any atom is 0.226 e. The molecule has 1 amide bonds. The van der Waals surface area contributed by atoms with Crippen LogP contribution in [0.2, 0.25) is 0 Å². The fourth-order valence-electron chi connectivity index (χ4n) is 3.95. The van der Waals surface area contributed by atoms with E-state index in [0.29, 0.717) is 18.0 Å². The maximum absolute atomic E-state index is 12.6. The molecule has 1 aliphatic rings. The first-order chi connectivity index (χ1) is 14.6. The van der Waals surface area contributed by atoms with Gasteiger partial charge in [-0.3, -0.25) is 4.79 Å². The smallest absolute Gasteiger partial charge is 0.226 e. The van der Waals surface area contributed by atoms with Crippen molar-refractivity contribution in [1.82, 2.24) is 10.3 Å². The molecule has 5 nitrogen and oxygen atoms in total. The highest BCUT2D eigenvalue weighted by molar-refractivity contribution is 7.13. The van der Waals surface area contributed by atoms with Crippen LogP contribution in [0.3, 0.4) is 0 Å². The van der Waals surface area contributed by atoms with Gasteiger partial charge in [-0.25, -0.2) is 4.98 Å². The first-order valence-electron chi connectivity index (χ1n) is 10.1. The van der Waals surface area contributed by atoms with E-state index in [9.17, 15) is 4.79 Å². The Bertz CT molecular complexity index is 1010. The van der Waals surface area contributed by atoms with E-state index in [1.807, 2.05) is 29.6 Å². The van der Waals surface area contributed by atoms with Crippen molar-refractivity contribution in [2.24, 2.45) is 0 Å². The van der Waals surface area contributed by atoms with Gasteiger partial charge in [-0.2, -0.15) is 0 Å². The van der Waals surface area contributed by atoms with Crippen molar-refractivity contribution in [3.8, 4) is 22.1 Å². The minimum absolute atomic E-state index is 0.0152. The number of methoxy groups -OCH3 is 2. The van der Waals surface area contributed by atoms with Gasteiger partial charge in [0.2, 0.25) is 5.91 Å². The van der Waals surface area contributed by atoms with Gasteiger partial charge in [0.25, 0.3) is 0 Å². The summed E-state index contributed by atoms with van der Waals surface area (Å²) in [4.78, 5) is 17.2. The Balaban J connectivity index is 1.39. The lowest BCUT2D eigenvalue weighted by atomic mass is 9.64. The lowest BCUT2D eigenvalue weighted by Gasteiger charge is -2.42. The van der Waals surface area contributed by atoms with E-state index in [1.54, 1.807) is 14.2 Å². The molecule has 1 N–H and O–H groups in total. The number of hydrogen-bond donors (Lipinski definition) is 1. The second kappa shape index (κ2) is 8.88. The molecule has 30 heavy (non-hydrogen) atoms. The van der Waals surface area contributed by atoms with Crippen LogP contribution in [-0.4, -0.2) is 31.7 Å². The number of aromatic nitrogens is 1. The quantitative estimate of drug-likeness (QED) is 0.576. The summed E-state index contributed by atoms with van der Waals surface area (Å²) in [5.74, 6) is 1.36. The lowest BCUT2D eigenvalue weighted by molar-refractivity contribution is -0.120. The fraction of sp³-hybridized carbons (Fsp3) is 0.333. The van der Waals surface area contributed by atoms with Crippen molar-refractivity contribution in [1.29, 1.82) is 0 Å². The van der Waals surface area contributed by atoms with Gasteiger partial charge in [-0.05, 0) is 36.6 Å². The SMILES string of the molecule is COc1ccc(-c2nc(CC(=O)NCC3(c4ccccc4)CCC3)cs2)cc1OC. The predicted octanol–water partition coefficient (Wildman–Crippen LogP) is 4.61. The highest BCUT2D eigenvalue weighted by Gasteiger charge is 2.38. The molecule has 0 bridgehead atoms. The summed E-state index contributed by atoms with van der Waals surface area (Å²) in [6, 6.07) is 16.2. The minimum atomic E-state index is 0.0152. The van der Waals surface area contributed by atoms with E-state index in [1.165, 1.54) is 23.3 Å². The van der Waals surface area contributed by atoms with Gasteiger partial charge in [0.1, 0.15) is 5.01 Å². The van der Waals surface area contributed by atoms with E-state index in [2.05, 4.69) is 34.6 Å². The zero-order valence-corrected chi connectivity index (χ0v) is 18.1. The molecule has 1 saturated carbocycles. The van der Waals surface area contributed by atoms with Gasteiger partial charge in [-0.1, -0.05) is 36.8 Å². The molecule has 1 fully saturated rings. The summed E-state index contributed by atoms with van der Waals surface area (Å²) in [5, 5.41) is 5.95. The van der Waals surface area contributed by atoms with Crippen LogP contribution in [-0.2, 0) is 16.6 Å². The third kappa shape index (κ3) is 4.19. The summed E-state index contributed by atoms with van der Waals surface area (Å²) >= 11 is 1.53. The number of carbonyl (C=O) groups is 1. The Kier molecular flexibility index (Phi) is 6.04. The lowest BCUT2D eigenvalue weighted by Crippen LogP contribution is -2.45. The summed E-state index contributed by atoms with van der Waals surface area (Å²) in [6.07, 6.45) is 3.75. The number of carbonyl (C=O) groups excluding carboxylic acids is 1. The zero-order valence-electron chi connectivity index (χ0n) is 17.3. The highest BCUT2D eigenvalue weighted by Crippen LogP contribution is 2.43. The molecule has 0 unspecified atom stereocenters. The van der Waals surface area contributed by atoms with Crippen molar-refractivity contribution >= 4 is 17.2 Å². The van der Waals surface area contributed by atoms with Crippen LogP contribution in [0.25, 0.3) is 10.6 Å². The van der Waals surface area contributed by atoms with Crippen LogP contribution in [0, 0.1) is 0 Å². The Labute approximate surface area is 181 Å². The predicted molar refractivity (Wildman–Crippen MR) is 119 cm³/mol. The van der Waals surface area contributed by atoms with Crippen LogP contribution in [0.5, 0.6) is 11.5 Å². The average molecular weight is 423 g/mol. The standard InChI is InChI=1S/C24H26N2O3S/c1-28-20-10-9-17(13-21(20)29-2)23-26-19(15-30-23)14-22(27)25-16-24(11-6-12-24)18-7-4-3-5-8-18/h3-5,7-10,13,15H,6,11-12,14,16H2,1-2H3,(H,25,27). The van der Waals surface area contributed by atoms with Gasteiger partial charge in [0, 0.05) is 22.9 Å². The van der Waals surface area contributed by atoms with Crippen LogP contribution in [0.4, 0.5) is 0 Å². The summed E-state index contributed by atoms with van der Waals surface area (Å²) in [6.45, 7) is 0.683. The van der Waals surface area contributed by atoms with Crippen LogP contribution < -0.4 is 14.8 Å². The summed E-state index contributed by atoms with van der Waals surface area (Å²) < 4.78 is 10.7. The van der Waals surface area contributed by atoms with Crippen molar-refractivity contribution < 1.29 is 14.3 Å². The van der Waals surface area contributed by atoms with Gasteiger partial charge in [0.05, 0.1) is 26.3 Å². The molecule has 3 aromatic rings. The van der Waals surface area contributed by atoms with E-state index < -0.39 is 0 Å². The molecule has 156 valence electrons. The Morgan fingerprint density at radius 2 is 1.87 bits per heavy atom. The number of benzene rings is 2. The van der Waals surface area contributed by atoms with E-state index >= 15 is 0 Å². The fourth-order valence-corrected chi connectivity index (χ4v) is 4.76. The second-order valence-electron chi connectivity index (χ2n) is 7.67. The number of thiazole rings is 1. The zero-order chi connectivity index (χ0) is 21.0.